The van der Waals surface area contributed by atoms with Crippen LogP contribution in [0.4, 0.5) is 5.13 Å². The molecule has 0 aliphatic rings. The van der Waals surface area contributed by atoms with Crippen LogP contribution in [0.5, 0.6) is 11.5 Å². The fraction of sp³-hybridized carbons (Fsp3) is 0.118. The van der Waals surface area contributed by atoms with Gasteiger partial charge in [-0.1, -0.05) is 0 Å². The third-order valence-corrected chi connectivity index (χ3v) is 4.34. The lowest BCUT2D eigenvalue weighted by atomic mass is 10.2. The molecule has 0 saturated heterocycles. The van der Waals surface area contributed by atoms with Crippen molar-refractivity contribution in [2.75, 3.05) is 19.5 Å². The van der Waals surface area contributed by atoms with E-state index in [4.69, 9.17) is 15.2 Å². The third-order valence-electron chi connectivity index (χ3n) is 3.58. The molecule has 0 spiro atoms. The van der Waals surface area contributed by atoms with Gasteiger partial charge in [0.25, 0.3) is 11.8 Å². The van der Waals surface area contributed by atoms with Crippen LogP contribution in [0.2, 0.25) is 0 Å². The number of hydrogen-bond acceptors (Lipinski definition) is 6. The highest BCUT2D eigenvalue weighted by Crippen LogP contribution is 2.27. The molecule has 8 nitrogen and oxygen atoms in total. The molecule has 2 heterocycles. The molecule has 3 rings (SSSR count). The minimum Gasteiger partial charge on any atom is -0.497 e. The number of H-pyrrole nitrogens is 1. The highest BCUT2D eigenvalue weighted by Gasteiger charge is 2.14. The van der Waals surface area contributed by atoms with E-state index in [1.54, 1.807) is 35.8 Å². The van der Waals surface area contributed by atoms with Gasteiger partial charge in [-0.2, -0.15) is 0 Å². The predicted octanol–water partition coefficient (Wildman–Crippen LogP) is 2.51. The zero-order valence-corrected chi connectivity index (χ0v) is 14.8. The summed E-state index contributed by atoms with van der Waals surface area (Å²) in [6.45, 7) is 0. The highest BCUT2D eigenvalue weighted by molar-refractivity contribution is 7.14. The van der Waals surface area contributed by atoms with Gasteiger partial charge in [-0.25, -0.2) is 4.98 Å². The normalized spacial score (nSPS) is 10.4. The Bertz CT molecular complexity index is 941. The van der Waals surface area contributed by atoms with Gasteiger partial charge in [0.05, 0.1) is 19.9 Å². The maximum Gasteiger partial charge on any atom is 0.265 e. The van der Waals surface area contributed by atoms with E-state index < -0.39 is 5.91 Å². The number of rotatable bonds is 6. The molecule has 0 aliphatic heterocycles. The van der Waals surface area contributed by atoms with E-state index in [0.717, 1.165) is 0 Å². The summed E-state index contributed by atoms with van der Waals surface area (Å²) in [5.41, 5.74) is 7.23. The minimum atomic E-state index is -0.549. The number of hydrogen-bond donors (Lipinski definition) is 3. The van der Waals surface area contributed by atoms with Gasteiger partial charge in [0.15, 0.2) is 5.13 Å². The van der Waals surface area contributed by atoms with Crippen LogP contribution in [0.25, 0.3) is 11.3 Å². The van der Waals surface area contributed by atoms with Crippen LogP contribution in [-0.4, -0.2) is 36.0 Å². The van der Waals surface area contributed by atoms with Gasteiger partial charge in [0, 0.05) is 28.8 Å². The lowest BCUT2D eigenvalue weighted by molar-refractivity contribution is 0.0994. The number of aromatic nitrogens is 2. The molecule has 0 radical (unpaired) electrons. The summed E-state index contributed by atoms with van der Waals surface area (Å²) >= 11 is 1.27. The molecule has 2 aromatic heterocycles. The number of primary amides is 1. The molecule has 3 aromatic rings. The number of methoxy groups -OCH3 is 2. The van der Waals surface area contributed by atoms with Gasteiger partial charge in [0.1, 0.15) is 17.2 Å². The van der Waals surface area contributed by atoms with Gasteiger partial charge in [-0.05, 0) is 18.2 Å². The Hall–Kier alpha value is -3.33. The standard InChI is InChI=1S/C17H16N4O4S/c1-24-11-3-9(4-12(6-11)25-2)16(23)21-17-20-14(8-26-17)10-5-13(15(18)22)19-7-10/h3-8,19H,1-2H3,(H2,18,22)(H,20,21,23). The van der Waals surface area contributed by atoms with Crippen LogP contribution >= 0.6 is 11.3 Å². The monoisotopic (exact) mass is 372 g/mol. The third kappa shape index (κ3) is 3.67. The van der Waals surface area contributed by atoms with E-state index in [9.17, 15) is 9.59 Å². The molecule has 0 fully saturated rings. The van der Waals surface area contributed by atoms with Crippen molar-refractivity contribution in [2.45, 2.75) is 0 Å². The van der Waals surface area contributed by atoms with Crippen molar-refractivity contribution in [3.63, 3.8) is 0 Å². The summed E-state index contributed by atoms with van der Waals surface area (Å²) in [6.07, 6.45) is 1.63. The van der Waals surface area contributed by atoms with E-state index >= 15 is 0 Å². The fourth-order valence-corrected chi connectivity index (χ4v) is 2.97. The first kappa shape index (κ1) is 17.5. The van der Waals surface area contributed by atoms with Gasteiger partial charge in [-0.3, -0.25) is 14.9 Å². The molecule has 26 heavy (non-hydrogen) atoms. The smallest absolute Gasteiger partial charge is 0.265 e. The molecule has 0 unspecified atom stereocenters. The predicted molar refractivity (Wildman–Crippen MR) is 97.9 cm³/mol. The maximum absolute atomic E-state index is 12.5. The first-order valence-corrected chi connectivity index (χ1v) is 8.36. The molecule has 1 aromatic carbocycles. The Morgan fingerprint density at radius 1 is 1.15 bits per heavy atom. The van der Waals surface area contributed by atoms with E-state index in [1.165, 1.54) is 25.6 Å². The molecule has 0 saturated carbocycles. The lowest BCUT2D eigenvalue weighted by Gasteiger charge is -2.08. The molecule has 0 atom stereocenters. The first-order valence-electron chi connectivity index (χ1n) is 7.48. The zero-order valence-electron chi connectivity index (χ0n) is 14.0. The molecule has 4 N–H and O–H groups in total. The number of aromatic amines is 1. The van der Waals surface area contributed by atoms with Crippen molar-refractivity contribution in [2.24, 2.45) is 5.73 Å². The van der Waals surface area contributed by atoms with Crippen LogP contribution in [0.3, 0.4) is 0 Å². The average Bonchev–Trinajstić information content (AvgIpc) is 3.30. The summed E-state index contributed by atoms with van der Waals surface area (Å²) < 4.78 is 10.3. The molecule has 2 amide bonds. The van der Waals surface area contributed by atoms with Crippen molar-refractivity contribution < 1.29 is 19.1 Å². The maximum atomic E-state index is 12.5. The van der Waals surface area contributed by atoms with Gasteiger partial charge < -0.3 is 20.2 Å². The molecular weight excluding hydrogens is 356 g/mol. The number of nitrogens with two attached hydrogens (primary N) is 1. The molecule has 134 valence electrons. The number of carbonyl (C=O) groups is 2. The highest BCUT2D eigenvalue weighted by atomic mass is 32.1. The Balaban J connectivity index is 1.78. The topological polar surface area (TPSA) is 119 Å². The van der Waals surface area contributed by atoms with Crippen molar-refractivity contribution in [1.29, 1.82) is 0 Å². The number of thiazole rings is 1. The van der Waals surface area contributed by atoms with E-state index in [2.05, 4.69) is 15.3 Å². The summed E-state index contributed by atoms with van der Waals surface area (Å²) in [5, 5.41) is 4.93. The fourth-order valence-electron chi connectivity index (χ4n) is 2.26. The van der Waals surface area contributed by atoms with E-state index in [0.29, 0.717) is 39.1 Å². The molecular formula is C17H16N4O4S. The van der Waals surface area contributed by atoms with Crippen LogP contribution in [0.1, 0.15) is 20.8 Å². The number of amides is 2. The number of ether oxygens (including phenoxy) is 2. The summed E-state index contributed by atoms with van der Waals surface area (Å²) in [5.74, 6) is 0.142. The number of nitrogens with one attached hydrogen (secondary N) is 2. The van der Waals surface area contributed by atoms with Crippen molar-refractivity contribution in [3.8, 4) is 22.8 Å². The van der Waals surface area contributed by atoms with Crippen LogP contribution in [-0.2, 0) is 0 Å². The van der Waals surface area contributed by atoms with Crippen LogP contribution < -0.4 is 20.5 Å². The van der Waals surface area contributed by atoms with Gasteiger partial charge in [0.2, 0.25) is 0 Å². The second-order valence-electron chi connectivity index (χ2n) is 5.26. The number of nitrogens with zero attached hydrogens (tertiary/aromatic N) is 1. The quantitative estimate of drug-likeness (QED) is 0.614. The summed E-state index contributed by atoms with van der Waals surface area (Å²) in [6, 6.07) is 6.51. The number of carbonyl (C=O) groups excluding carboxylic acids is 2. The Kier molecular flexibility index (Phi) is 4.90. The van der Waals surface area contributed by atoms with E-state index in [1.807, 2.05) is 0 Å². The number of anilines is 1. The Morgan fingerprint density at radius 2 is 1.85 bits per heavy atom. The molecule has 9 heteroatoms. The first-order chi connectivity index (χ1) is 12.5. The second kappa shape index (κ2) is 7.28. The van der Waals surface area contributed by atoms with Crippen LogP contribution in [0.15, 0.2) is 35.8 Å². The summed E-state index contributed by atoms with van der Waals surface area (Å²) in [4.78, 5) is 30.8. The Labute approximate surface area is 153 Å². The second-order valence-corrected chi connectivity index (χ2v) is 6.12. The SMILES string of the molecule is COc1cc(OC)cc(C(=O)Nc2nc(-c3c[nH]c(C(N)=O)c3)cs2)c1. The Morgan fingerprint density at radius 3 is 2.42 bits per heavy atom. The van der Waals surface area contributed by atoms with E-state index in [-0.39, 0.29) is 5.91 Å². The van der Waals surface area contributed by atoms with Crippen molar-refractivity contribution in [1.82, 2.24) is 9.97 Å². The average molecular weight is 372 g/mol. The van der Waals surface area contributed by atoms with Crippen LogP contribution in [0, 0.1) is 0 Å². The van der Waals surface area contributed by atoms with Gasteiger partial charge >= 0.3 is 0 Å². The molecule has 0 aliphatic carbocycles. The van der Waals surface area contributed by atoms with Gasteiger partial charge in [-0.15, -0.1) is 11.3 Å². The largest absolute Gasteiger partial charge is 0.497 e. The molecule has 0 bridgehead atoms. The zero-order chi connectivity index (χ0) is 18.7. The lowest BCUT2D eigenvalue weighted by Crippen LogP contribution is -2.12. The van der Waals surface area contributed by atoms with Crippen molar-refractivity contribution in [3.05, 3.63) is 47.1 Å². The van der Waals surface area contributed by atoms with Crippen molar-refractivity contribution >= 4 is 28.3 Å². The minimum absolute atomic E-state index is 0.294. The summed E-state index contributed by atoms with van der Waals surface area (Å²) in [7, 11) is 3.03. The number of benzene rings is 1.